The Kier molecular flexibility index (Phi) is 3.48. The van der Waals surface area contributed by atoms with Gasteiger partial charge in [0.2, 0.25) is 0 Å². The van der Waals surface area contributed by atoms with Crippen molar-refractivity contribution in [2.24, 2.45) is 17.8 Å². The van der Waals surface area contributed by atoms with Gasteiger partial charge in [0.05, 0.1) is 4.88 Å². The lowest BCUT2D eigenvalue weighted by Crippen LogP contribution is -2.26. The molecule has 3 atom stereocenters. The highest BCUT2D eigenvalue weighted by Gasteiger charge is 2.30. The van der Waals surface area contributed by atoms with Crippen LogP contribution in [0.25, 0.3) is 0 Å². The molecule has 1 heterocycles. The lowest BCUT2D eigenvalue weighted by Gasteiger charge is -2.31. The standard InChI is InChI=1S/C14H20OS/c1-9-4-5-12(8-11(9)3)13(15)14-10(2)6-7-16-14/h6-7,9,11-12H,4-5,8H2,1-3H3. The largest absolute Gasteiger partial charge is 0.293 e. The lowest BCUT2D eigenvalue weighted by molar-refractivity contribution is 0.0841. The molecule has 1 fully saturated rings. The number of aryl methyl sites for hydroxylation is 1. The van der Waals surface area contributed by atoms with E-state index in [1.165, 1.54) is 6.42 Å². The topological polar surface area (TPSA) is 17.1 Å². The number of ketones is 1. The van der Waals surface area contributed by atoms with Crippen molar-refractivity contribution in [2.75, 3.05) is 0 Å². The number of hydrogen-bond donors (Lipinski definition) is 0. The van der Waals surface area contributed by atoms with Crippen LogP contribution in [0.5, 0.6) is 0 Å². The van der Waals surface area contributed by atoms with E-state index >= 15 is 0 Å². The third-order valence-corrected chi connectivity index (χ3v) is 5.09. The van der Waals surface area contributed by atoms with Gasteiger partial charge in [-0.2, -0.15) is 0 Å². The molecule has 0 amide bonds. The van der Waals surface area contributed by atoms with E-state index in [0.29, 0.717) is 11.7 Å². The van der Waals surface area contributed by atoms with Crippen molar-refractivity contribution in [1.82, 2.24) is 0 Å². The normalized spacial score (nSPS) is 30.3. The Morgan fingerprint density at radius 2 is 2.06 bits per heavy atom. The van der Waals surface area contributed by atoms with Crippen molar-refractivity contribution in [3.05, 3.63) is 21.9 Å². The van der Waals surface area contributed by atoms with E-state index in [2.05, 4.69) is 13.8 Å². The SMILES string of the molecule is Cc1ccsc1C(=O)C1CCC(C)C(C)C1. The molecule has 3 unspecified atom stereocenters. The average Bonchev–Trinajstić information content (AvgIpc) is 2.67. The summed E-state index contributed by atoms with van der Waals surface area (Å²) in [6, 6.07) is 2.05. The molecule has 0 bridgehead atoms. The molecule has 1 saturated carbocycles. The van der Waals surface area contributed by atoms with Gasteiger partial charge in [0.1, 0.15) is 0 Å². The van der Waals surface area contributed by atoms with Gasteiger partial charge in [0.25, 0.3) is 0 Å². The Morgan fingerprint density at radius 1 is 1.31 bits per heavy atom. The highest BCUT2D eigenvalue weighted by Crippen LogP contribution is 2.36. The maximum Gasteiger partial charge on any atom is 0.176 e. The van der Waals surface area contributed by atoms with Gasteiger partial charge in [-0.3, -0.25) is 4.79 Å². The van der Waals surface area contributed by atoms with Gasteiger partial charge in [0, 0.05) is 5.92 Å². The first-order valence-electron chi connectivity index (χ1n) is 6.18. The zero-order valence-corrected chi connectivity index (χ0v) is 11.1. The second-order valence-electron chi connectivity index (χ2n) is 5.26. The zero-order chi connectivity index (χ0) is 11.7. The Bertz CT molecular complexity index is 380. The van der Waals surface area contributed by atoms with Crippen LogP contribution in [0, 0.1) is 24.7 Å². The van der Waals surface area contributed by atoms with Gasteiger partial charge < -0.3 is 0 Å². The summed E-state index contributed by atoms with van der Waals surface area (Å²) >= 11 is 1.60. The van der Waals surface area contributed by atoms with Crippen LogP contribution in [0.3, 0.4) is 0 Å². The third kappa shape index (κ3) is 2.22. The highest BCUT2D eigenvalue weighted by atomic mass is 32.1. The summed E-state index contributed by atoms with van der Waals surface area (Å²) in [4.78, 5) is 13.3. The summed E-state index contributed by atoms with van der Waals surface area (Å²) in [5.41, 5.74) is 1.15. The van der Waals surface area contributed by atoms with Gasteiger partial charge in [-0.05, 0) is 55.0 Å². The number of carbonyl (C=O) groups excluding carboxylic acids is 1. The second-order valence-corrected chi connectivity index (χ2v) is 6.18. The molecule has 1 aromatic heterocycles. The molecule has 0 aliphatic heterocycles. The summed E-state index contributed by atoms with van der Waals surface area (Å²) < 4.78 is 0. The summed E-state index contributed by atoms with van der Waals surface area (Å²) in [6.45, 7) is 6.63. The summed E-state index contributed by atoms with van der Waals surface area (Å²) in [5, 5.41) is 2.03. The van der Waals surface area contributed by atoms with Gasteiger partial charge >= 0.3 is 0 Å². The van der Waals surface area contributed by atoms with Crippen LogP contribution in [0.15, 0.2) is 11.4 Å². The molecule has 1 aliphatic carbocycles. The van der Waals surface area contributed by atoms with E-state index in [1.54, 1.807) is 11.3 Å². The minimum atomic E-state index is 0.281. The predicted molar refractivity (Wildman–Crippen MR) is 69.1 cm³/mol. The minimum Gasteiger partial charge on any atom is -0.293 e. The number of thiophene rings is 1. The van der Waals surface area contributed by atoms with Crippen LogP contribution in [-0.2, 0) is 0 Å². The first-order chi connectivity index (χ1) is 7.59. The smallest absolute Gasteiger partial charge is 0.176 e. The first kappa shape index (κ1) is 11.8. The van der Waals surface area contributed by atoms with Crippen molar-refractivity contribution < 1.29 is 4.79 Å². The maximum absolute atomic E-state index is 12.3. The lowest BCUT2D eigenvalue weighted by atomic mass is 9.74. The maximum atomic E-state index is 12.3. The van der Waals surface area contributed by atoms with Crippen molar-refractivity contribution in [3.63, 3.8) is 0 Å². The van der Waals surface area contributed by atoms with Gasteiger partial charge in [-0.25, -0.2) is 0 Å². The molecule has 0 N–H and O–H groups in total. The monoisotopic (exact) mass is 236 g/mol. The summed E-state index contributed by atoms with van der Waals surface area (Å²) in [7, 11) is 0. The van der Waals surface area contributed by atoms with Crippen molar-refractivity contribution in [3.8, 4) is 0 Å². The quantitative estimate of drug-likeness (QED) is 0.699. The van der Waals surface area contributed by atoms with Crippen LogP contribution < -0.4 is 0 Å². The summed E-state index contributed by atoms with van der Waals surface area (Å²) in [6.07, 6.45) is 3.38. The number of carbonyl (C=O) groups is 1. The fraction of sp³-hybridized carbons (Fsp3) is 0.643. The van der Waals surface area contributed by atoms with Crippen LogP contribution in [-0.4, -0.2) is 5.78 Å². The van der Waals surface area contributed by atoms with Gasteiger partial charge in [0.15, 0.2) is 5.78 Å². The van der Waals surface area contributed by atoms with E-state index in [9.17, 15) is 4.79 Å². The predicted octanol–water partition coefficient (Wildman–Crippen LogP) is 4.31. The fourth-order valence-electron chi connectivity index (χ4n) is 2.60. The Hall–Kier alpha value is -0.630. The third-order valence-electron chi connectivity index (χ3n) is 4.05. The second kappa shape index (κ2) is 4.70. The number of hydrogen-bond acceptors (Lipinski definition) is 2. The van der Waals surface area contributed by atoms with E-state index in [0.717, 1.165) is 29.2 Å². The molecule has 0 radical (unpaired) electrons. The molecular formula is C14H20OS. The zero-order valence-electron chi connectivity index (χ0n) is 10.3. The van der Waals surface area contributed by atoms with Crippen LogP contribution in [0.2, 0.25) is 0 Å². The Morgan fingerprint density at radius 3 is 2.62 bits per heavy atom. The first-order valence-corrected chi connectivity index (χ1v) is 7.06. The summed E-state index contributed by atoms with van der Waals surface area (Å²) in [5.74, 6) is 2.16. The molecule has 1 aromatic rings. The Labute approximate surface area is 102 Å². The van der Waals surface area contributed by atoms with E-state index < -0.39 is 0 Å². The molecule has 0 saturated heterocycles. The van der Waals surface area contributed by atoms with Crippen LogP contribution in [0.4, 0.5) is 0 Å². The molecular weight excluding hydrogens is 216 g/mol. The van der Waals surface area contributed by atoms with E-state index in [-0.39, 0.29) is 5.92 Å². The number of rotatable bonds is 2. The van der Waals surface area contributed by atoms with E-state index in [1.807, 2.05) is 18.4 Å². The Balaban J connectivity index is 2.09. The van der Waals surface area contributed by atoms with Crippen molar-refractivity contribution >= 4 is 17.1 Å². The minimum absolute atomic E-state index is 0.281. The molecule has 16 heavy (non-hydrogen) atoms. The molecule has 88 valence electrons. The van der Waals surface area contributed by atoms with Crippen molar-refractivity contribution in [1.29, 1.82) is 0 Å². The van der Waals surface area contributed by atoms with Gasteiger partial charge in [-0.15, -0.1) is 11.3 Å². The average molecular weight is 236 g/mol. The molecule has 0 aromatic carbocycles. The van der Waals surface area contributed by atoms with Crippen molar-refractivity contribution in [2.45, 2.75) is 40.0 Å². The molecule has 1 nitrogen and oxygen atoms in total. The highest BCUT2D eigenvalue weighted by molar-refractivity contribution is 7.12. The van der Waals surface area contributed by atoms with E-state index in [4.69, 9.17) is 0 Å². The molecule has 2 rings (SSSR count). The number of Topliss-reactive ketones (excluding diaryl/α,β-unsaturated/α-hetero) is 1. The van der Waals surface area contributed by atoms with Gasteiger partial charge in [-0.1, -0.05) is 13.8 Å². The van der Waals surface area contributed by atoms with Crippen LogP contribution >= 0.6 is 11.3 Å². The fourth-order valence-corrected chi connectivity index (χ4v) is 3.54. The molecule has 1 aliphatic rings. The molecule has 0 spiro atoms. The molecule has 2 heteroatoms. The van der Waals surface area contributed by atoms with Crippen LogP contribution in [0.1, 0.15) is 48.3 Å².